The lowest BCUT2D eigenvalue weighted by atomic mass is 10.1. The number of nitrogens with two attached hydrogens (primary N) is 1. The lowest BCUT2D eigenvalue weighted by Crippen LogP contribution is -2.23. The fourth-order valence-corrected chi connectivity index (χ4v) is 2.76. The molecule has 3 N–H and O–H groups in total. The SMILES string of the molecule is NCCc1nc(C(=O)NCc2ccc(COCC(F)(F)F)cc2)cs1. The lowest BCUT2D eigenvalue weighted by Gasteiger charge is -2.08. The third-order valence-corrected chi connectivity index (χ3v) is 4.06. The second kappa shape index (κ2) is 8.93. The highest BCUT2D eigenvalue weighted by Gasteiger charge is 2.27. The zero-order valence-corrected chi connectivity index (χ0v) is 14.1. The summed E-state index contributed by atoms with van der Waals surface area (Å²) in [6.07, 6.45) is -3.69. The number of carbonyl (C=O) groups excluding carboxylic acids is 1. The number of hydrogen-bond acceptors (Lipinski definition) is 5. The Balaban J connectivity index is 1.79. The second-order valence-corrected chi connectivity index (χ2v) is 6.21. The molecule has 1 aromatic carbocycles. The Morgan fingerprint density at radius 3 is 2.56 bits per heavy atom. The first-order valence-corrected chi connectivity index (χ1v) is 8.40. The molecule has 0 aliphatic heterocycles. The van der Waals surface area contributed by atoms with E-state index in [1.165, 1.54) is 11.3 Å². The number of rotatable bonds is 8. The van der Waals surface area contributed by atoms with Crippen molar-refractivity contribution in [1.82, 2.24) is 10.3 Å². The van der Waals surface area contributed by atoms with E-state index in [1.54, 1.807) is 29.6 Å². The summed E-state index contributed by atoms with van der Waals surface area (Å²) in [7, 11) is 0. The van der Waals surface area contributed by atoms with Gasteiger partial charge in [-0.05, 0) is 17.7 Å². The minimum Gasteiger partial charge on any atom is -0.367 e. The van der Waals surface area contributed by atoms with Gasteiger partial charge in [-0.2, -0.15) is 13.2 Å². The number of halogens is 3. The topological polar surface area (TPSA) is 77.2 Å². The predicted octanol–water partition coefficient (Wildman–Crippen LogP) is 2.65. The van der Waals surface area contributed by atoms with Crippen LogP contribution in [0.4, 0.5) is 13.2 Å². The summed E-state index contributed by atoms with van der Waals surface area (Å²) in [5.74, 6) is -0.280. The van der Waals surface area contributed by atoms with Gasteiger partial charge in [0.25, 0.3) is 5.91 Å². The summed E-state index contributed by atoms with van der Waals surface area (Å²) in [6, 6.07) is 6.79. The summed E-state index contributed by atoms with van der Waals surface area (Å²) >= 11 is 1.39. The van der Waals surface area contributed by atoms with Gasteiger partial charge in [0.2, 0.25) is 0 Å². The van der Waals surface area contributed by atoms with Crippen LogP contribution in [0.2, 0.25) is 0 Å². The number of carbonyl (C=O) groups is 1. The van der Waals surface area contributed by atoms with E-state index in [2.05, 4.69) is 15.0 Å². The zero-order valence-electron chi connectivity index (χ0n) is 13.3. The Labute approximate surface area is 147 Å². The maximum absolute atomic E-state index is 12.0. The number of alkyl halides is 3. The van der Waals surface area contributed by atoms with Crippen molar-refractivity contribution in [1.29, 1.82) is 0 Å². The first kappa shape index (κ1) is 19.4. The summed E-state index contributed by atoms with van der Waals surface area (Å²) in [6.45, 7) is -0.612. The van der Waals surface area contributed by atoms with Gasteiger partial charge in [0.1, 0.15) is 12.3 Å². The second-order valence-electron chi connectivity index (χ2n) is 5.27. The molecule has 0 radical (unpaired) electrons. The highest BCUT2D eigenvalue weighted by Crippen LogP contribution is 2.16. The molecule has 2 aromatic rings. The summed E-state index contributed by atoms with van der Waals surface area (Å²) in [5, 5.41) is 5.24. The molecule has 9 heteroatoms. The van der Waals surface area contributed by atoms with Crippen molar-refractivity contribution in [3.05, 3.63) is 51.5 Å². The summed E-state index contributed by atoms with van der Waals surface area (Å²) in [4.78, 5) is 16.2. The van der Waals surface area contributed by atoms with E-state index in [0.717, 1.165) is 10.6 Å². The molecule has 0 saturated carbocycles. The van der Waals surface area contributed by atoms with Gasteiger partial charge < -0.3 is 15.8 Å². The fraction of sp³-hybridized carbons (Fsp3) is 0.375. The minimum absolute atomic E-state index is 0.116. The number of nitrogens with zero attached hydrogens (tertiary/aromatic N) is 1. The third kappa shape index (κ3) is 6.81. The molecule has 25 heavy (non-hydrogen) atoms. The molecule has 2 rings (SSSR count). The van der Waals surface area contributed by atoms with Crippen molar-refractivity contribution in [2.75, 3.05) is 13.2 Å². The van der Waals surface area contributed by atoms with Crippen LogP contribution in [-0.2, 0) is 24.3 Å². The minimum atomic E-state index is -4.33. The maximum atomic E-state index is 12.0. The van der Waals surface area contributed by atoms with Crippen LogP contribution in [0.15, 0.2) is 29.6 Å². The van der Waals surface area contributed by atoms with Gasteiger partial charge in [0.15, 0.2) is 0 Å². The molecule has 0 fully saturated rings. The number of aromatic nitrogens is 1. The molecule has 0 unspecified atom stereocenters. The van der Waals surface area contributed by atoms with Gasteiger partial charge in [-0.15, -0.1) is 11.3 Å². The van der Waals surface area contributed by atoms with Crippen LogP contribution < -0.4 is 11.1 Å². The molecular formula is C16H18F3N3O2S. The van der Waals surface area contributed by atoms with E-state index in [0.29, 0.717) is 30.8 Å². The standard InChI is InChI=1S/C16H18F3N3O2S/c17-16(18,19)10-24-8-12-3-1-11(2-4-12)7-21-15(23)13-9-25-14(22-13)5-6-20/h1-4,9H,5-8,10,20H2,(H,21,23). The number of amides is 1. The van der Waals surface area contributed by atoms with E-state index in [-0.39, 0.29) is 12.5 Å². The van der Waals surface area contributed by atoms with Crippen LogP contribution in [0.25, 0.3) is 0 Å². The average molecular weight is 373 g/mol. The largest absolute Gasteiger partial charge is 0.411 e. The Kier molecular flexibility index (Phi) is 6.91. The quantitative estimate of drug-likeness (QED) is 0.746. The van der Waals surface area contributed by atoms with Crippen LogP contribution in [-0.4, -0.2) is 30.2 Å². The Morgan fingerprint density at radius 1 is 1.24 bits per heavy atom. The van der Waals surface area contributed by atoms with Crippen molar-refractivity contribution in [2.24, 2.45) is 5.73 Å². The first-order valence-electron chi connectivity index (χ1n) is 7.52. The van der Waals surface area contributed by atoms with Gasteiger partial charge in [-0.25, -0.2) is 4.98 Å². The summed E-state index contributed by atoms with van der Waals surface area (Å²) in [5.41, 5.74) is 7.25. The van der Waals surface area contributed by atoms with Crippen molar-refractivity contribution in [2.45, 2.75) is 25.7 Å². The number of ether oxygens (including phenoxy) is 1. The fourth-order valence-electron chi connectivity index (χ4n) is 1.96. The van der Waals surface area contributed by atoms with Crippen LogP contribution in [0, 0.1) is 0 Å². The number of nitrogens with one attached hydrogen (secondary N) is 1. The molecule has 136 valence electrons. The van der Waals surface area contributed by atoms with Crippen LogP contribution in [0.3, 0.4) is 0 Å². The highest BCUT2D eigenvalue weighted by molar-refractivity contribution is 7.09. The lowest BCUT2D eigenvalue weighted by molar-refractivity contribution is -0.176. The van der Waals surface area contributed by atoms with E-state index >= 15 is 0 Å². The summed E-state index contributed by atoms with van der Waals surface area (Å²) < 4.78 is 40.6. The monoisotopic (exact) mass is 373 g/mol. The number of benzene rings is 1. The molecule has 0 atom stereocenters. The molecule has 0 saturated heterocycles. The molecule has 1 amide bonds. The van der Waals surface area contributed by atoms with Gasteiger partial charge in [0.05, 0.1) is 11.6 Å². The van der Waals surface area contributed by atoms with Gasteiger partial charge in [-0.3, -0.25) is 4.79 Å². The van der Waals surface area contributed by atoms with Crippen molar-refractivity contribution >= 4 is 17.2 Å². The molecule has 5 nitrogen and oxygen atoms in total. The Morgan fingerprint density at radius 2 is 1.92 bits per heavy atom. The predicted molar refractivity (Wildman–Crippen MR) is 88.2 cm³/mol. The van der Waals surface area contributed by atoms with Crippen LogP contribution in [0.5, 0.6) is 0 Å². The molecule has 0 spiro atoms. The third-order valence-electron chi connectivity index (χ3n) is 3.15. The molecule has 0 aliphatic rings. The molecule has 1 aromatic heterocycles. The molecule has 0 bridgehead atoms. The molecule has 1 heterocycles. The van der Waals surface area contributed by atoms with Crippen LogP contribution >= 0.6 is 11.3 Å². The van der Waals surface area contributed by atoms with E-state index in [4.69, 9.17) is 5.73 Å². The van der Waals surface area contributed by atoms with Crippen molar-refractivity contribution in [3.8, 4) is 0 Å². The molecule has 0 aliphatic carbocycles. The number of hydrogen-bond donors (Lipinski definition) is 2. The normalized spacial score (nSPS) is 11.5. The average Bonchev–Trinajstić information content (AvgIpc) is 3.02. The maximum Gasteiger partial charge on any atom is 0.411 e. The van der Waals surface area contributed by atoms with E-state index in [1.807, 2.05) is 0 Å². The first-order chi connectivity index (χ1) is 11.9. The molecular weight excluding hydrogens is 355 g/mol. The van der Waals surface area contributed by atoms with Gasteiger partial charge in [-0.1, -0.05) is 24.3 Å². The van der Waals surface area contributed by atoms with Crippen molar-refractivity contribution < 1.29 is 22.7 Å². The van der Waals surface area contributed by atoms with Crippen molar-refractivity contribution in [3.63, 3.8) is 0 Å². The van der Waals surface area contributed by atoms with Gasteiger partial charge in [0, 0.05) is 18.3 Å². The number of thiazole rings is 1. The Bertz CT molecular complexity index is 687. The highest BCUT2D eigenvalue weighted by atomic mass is 32.1. The Hall–Kier alpha value is -1.97. The zero-order chi connectivity index (χ0) is 18.3. The van der Waals surface area contributed by atoms with E-state index in [9.17, 15) is 18.0 Å². The van der Waals surface area contributed by atoms with Crippen LogP contribution in [0.1, 0.15) is 26.6 Å². The van der Waals surface area contributed by atoms with E-state index < -0.39 is 12.8 Å². The van der Waals surface area contributed by atoms with Gasteiger partial charge >= 0.3 is 6.18 Å². The smallest absolute Gasteiger partial charge is 0.367 e.